The molecule has 2 N–H and O–H groups in total. The van der Waals surface area contributed by atoms with Crippen LogP contribution in [0.2, 0.25) is 0 Å². The summed E-state index contributed by atoms with van der Waals surface area (Å²) in [6.07, 6.45) is 5.33. The number of esters is 1. The molecule has 106 valence electrons. The highest BCUT2D eigenvalue weighted by atomic mass is 16.5. The molecule has 0 aliphatic carbocycles. The van der Waals surface area contributed by atoms with E-state index in [4.69, 9.17) is 10.5 Å². The summed E-state index contributed by atoms with van der Waals surface area (Å²) < 4.78 is 6.96. The van der Waals surface area contributed by atoms with Crippen molar-refractivity contribution in [1.29, 1.82) is 0 Å². The quantitative estimate of drug-likeness (QED) is 0.671. The number of benzene rings is 1. The molecule has 20 heavy (non-hydrogen) atoms. The van der Waals surface area contributed by atoms with Gasteiger partial charge in [0.1, 0.15) is 5.82 Å². The molecule has 0 radical (unpaired) electrons. The second-order valence-corrected chi connectivity index (χ2v) is 4.43. The van der Waals surface area contributed by atoms with E-state index in [-0.39, 0.29) is 5.97 Å². The van der Waals surface area contributed by atoms with Gasteiger partial charge in [-0.25, -0.2) is 9.78 Å². The van der Waals surface area contributed by atoms with Crippen molar-refractivity contribution in [2.75, 3.05) is 12.3 Å². The number of hydrogen-bond donors (Lipinski definition) is 1. The summed E-state index contributed by atoms with van der Waals surface area (Å²) >= 11 is 0. The van der Waals surface area contributed by atoms with Crippen molar-refractivity contribution in [2.45, 2.75) is 26.7 Å². The molecule has 0 aliphatic rings. The highest BCUT2D eigenvalue weighted by molar-refractivity contribution is 5.96. The average Bonchev–Trinajstić information content (AvgIpc) is 2.87. The van der Waals surface area contributed by atoms with E-state index < -0.39 is 0 Å². The highest BCUT2D eigenvalue weighted by Crippen LogP contribution is 2.24. The number of para-hydroxylation sites is 1. The van der Waals surface area contributed by atoms with Crippen LogP contribution in [0.1, 0.15) is 36.5 Å². The molecule has 5 heteroatoms. The maximum Gasteiger partial charge on any atom is 0.340 e. The SMILES string of the molecule is CCCc1nccn1-c1c(N)cccc1C(=O)OCC. The smallest absolute Gasteiger partial charge is 0.340 e. The number of carbonyl (C=O) groups is 1. The van der Waals surface area contributed by atoms with Crippen molar-refractivity contribution >= 4 is 11.7 Å². The zero-order valence-electron chi connectivity index (χ0n) is 11.8. The second-order valence-electron chi connectivity index (χ2n) is 4.43. The van der Waals surface area contributed by atoms with E-state index in [1.807, 2.05) is 10.8 Å². The maximum atomic E-state index is 12.1. The van der Waals surface area contributed by atoms with Crippen molar-refractivity contribution in [1.82, 2.24) is 9.55 Å². The van der Waals surface area contributed by atoms with Crippen LogP contribution in [0.4, 0.5) is 5.69 Å². The molecule has 0 saturated heterocycles. The zero-order valence-corrected chi connectivity index (χ0v) is 11.8. The van der Waals surface area contributed by atoms with Crippen LogP contribution in [-0.4, -0.2) is 22.1 Å². The molecule has 2 rings (SSSR count). The third-order valence-electron chi connectivity index (χ3n) is 2.99. The van der Waals surface area contributed by atoms with Gasteiger partial charge in [-0.15, -0.1) is 0 Å². The Labute approximate surface area is 118 Å². The molecule has 0 unspecified atom stereocenters. The molecular formula is C15H19N3O2. The monoisotopic (exact) mass is 273 g/mol. The Bertz CT molecular complexity index is 605. The lowest BCUT2D eigenvalue weighted by molar-refractivity contribution is 0.0526. The number of anilines is 1. The Kier molecular flexibility index (Phi) is 4.40. The van der Waals surface area contributed by atoms with Gasteiger partial charge < -0.3 is 15.0 Å². The first-order chi connectivity index (χ1) is 9.69. The van der Waals surface area contributed by atoms with Gasteiger partial charge in [-0.2, -0.15) is 0 Å². The van der Waals surface area contributed by atoms with Gasteiger partial charge in [0.15, 0.2) is 0 Å². The third-order valence-corrected chi connectivity index (χ3v) is 2.99. The average molecular weight is 273 g/mol. The van der Waals surface area contributed by atoms with Crippen molar-refractivity contribution in [3.05, 3.63) is 42.0 Å². The highest BCUT2D eigenvalue weighted by Gasteiger charge is 2.18. The van der Waals surface area contributed by atoms with Crippen LogP contribution >= 0.6 is 0 Å². The van der Waals surface area contributed by atoms with Gasteiger partial charge in [-0.05, 0) is 25.5 Å². The van der Waals surface area contributed by atoms with Crippen molar-refractivity contribution in [2.24, 2.45) is 0 Å². The fourth-order valence-electron chi connectivity index (χ4n) is 2.15. The Balaban J connectivity index is 2.54. The number of aryl methyl sites for hydroxylation is 1. The number of aromatic nitrogens is 2. The van der Waals surface area contributed by atoms with E-state index in [1.54, 1.807) is 31.3 Å². The van der Waals surface area contributed by atoms with Crippen LogP contribution in [0.25, 0.3) is 5.69 Å². The van der Waals surface area contributed by atoms with E-state index in [2.05, 4.69) is 11.9 Å². The second kappa shape index (κ2) is 6.23. The van der Waals surface area contributed by atoms with Gasteiger partial charge in [0.05, 0.1) is 23.5 Å². The molecule has 0 saturated carbocycles. The lowest BCUT2D eigenvalue weighted by atomic mass is 10.1. The fraction of sp³-hybridized carbons (Fsp3) is 0.333. The Hall–Kier alpha value is -2.30. The number of carbonyl (C=O) groups excluding carboxylic acids is 1. The summed E-state index contributed by atoms with van der Waals surface area (Å²) in [4.78, 5) is 16.4. The summed E-state index contributed by atoms with van der Waals surface area (Å²) in [6, 6.07) is 5.24. The molecule has 1 aromatic carbocycles. The van der Waals surface area contributed by atoms with Crippen molar-refractivity contribution < 1.29 is 9.53 Å². The number of nitrogen functional groups attached to an aromatic ring is 1. The molecule has 0 amide bonds. The van der Waals surface area contributed by atoms with Crippen molar-refractivity contribution in [3.8, 4) is 5.69 Å². The van der Waals surface area contributed by atoms with Gasteiger partial charge in [0.2, 0.25) is 0 Å². The van der Waals surface area contributed by atoms with Gasteiger partial charge in [0, 0.05) is 18.8 Å². The first kappa shape index (κ1) is 14.1. The molecule has 5 nitrogen and oxygen atoms in total. The predicted octanol–water partition coefficient (Wildman–Crippen LogP) is 2.58. The minimum absolute atomic E-state index is 0.332. The Morgan fingerprint density at radius 1 is 1.40 bits per heavy atom. The molecule has 0 aliphatic heterocycles. The minimum atomic E-state index is -0.369. The van der Waals surface area contributed by atoms with E-state index >= 15 is 0 Å². The number of imidazole rings is 1. The van der Waals surface area contributed by atoms with E-state index in [0.717, 1.165) is 18.7 Å². The van der Waals surface area contributed by atoms with Crippen LogP contribution in [0, 0.1) is 0 Å². The minimum Gasteiger partial charge on any atom is -0.462 e. The lowest BCUT2D eigenvalue weighted by Crippen LogP contribution is -2.13. The molecule has 0 spiro atoms. The van der Waals surface area contributed by atoms with Gasteiger partial charge in [0.25, 0.3) is 0 Å². The largest absolute Gasteiger partial charge is 0.462 e. The van der Waals surface area contributed by atoms with Gasteiger partial charge >= 0.3 is 5.97 Å². The van der Waals surface area contributed by atoms with Crippen LogP contribution in [0.5, 0.6) is 0 Å². The van der Waals surface area contributed by atoms with Gasteiger partial charge in [-0.3, -0.25) is 0 Å². The van der Waals surface area contributed by atoms with Crippen LogP contribution in [0.3, 0.4) is 0 Å². The summed E-state index contributed by atoms with van der Waals surface area (Å²) in [5.41, 5.74) is 7.69. The molecule has 2 aromatic rings. The molecule has 1 heterocycles. The summed E-state index contributed by atoms with van der Waals surface area (Å²) in [5, 5.41) is 0. The van der Waals surface area contributed by atoms with Gasteiger partial charge in [-0.1, -0.05) is 13.0 Å². The number of rotatable bonds is 5. The number of nitrogens with two attached hydrogens (primary N) is 1. The summed E-state index contributed by atoms with van der Waals surface area (Å²) in [6.45, 7) is 4.20. The summed E-state index contributed by atoms with van der Waals surface area (Å²) in [7, 11) is 0. The number of ether oxygens (including phenoxy) is 1. The topological polar surface area (TPSA) is 70.1 Å². The van der Waals surface area contributed by atoms with Crippen LogP contribution < -0.4 is 5.73 Å². The normalized spacial score (nSPS) is 10.5. The van der Waals surface area contributed by atoms with Crippen LogP contribution in [0.15, 0.2) is 30.6 Å². The molecule has 0 bridgehead atoms. The summed E-state index contributed by atoms with van der Waals surface area (Å²) in [5.74, 6) is 0.516. The standard InChI is InChI=1S/C15H19N3O2/c1-3-6-13-17-9-10-18(13)14-11(15(19)20-4-2)7-5-8-12(14)16/h5,7-10H,3-4,6,16H2,1-2H3. The molecule has 0 atom stereocenters. The first-order valence-electron chi connectivity index (χ1n) is 6.77. The zero-order chi connectivity index (χ0) is 14.5. The van der Waals surface area contributed by atoms with Crippen molar-refractivity contribution in [3.63, 3.8) is 0 Å². The molecule has 0 fully saturated rings. The predicted molar refractivity (Wildman–Crippen MR) is 77.9 cm³/mol. The van der Waals surface area contributed by atoms with E-state index in [9.17, 15) is 4.79 Å². The maximum absolute atomic E-state index is 12.1. The Morgan fingerprint density at radius 3 is 2.90 bits per heavy atom. The lowest BCUT2D eigenvalue weighted by Gasteiger charge is -2.14. The number of hydrogen-bond acceptors (Lipinski definition) is 4. The van der Waals surface area contributed by atoms with Crippen LogP contribution in [-0.2, 0) is 11.2 Å². The van der Waals surface area contributed by atoms with E-state index in [0.29, 0.717) is 23.5 Å². The van der Waals surface area contributed by atoms with E-state index in [1.165, 1.54) is 0 Å². The fourth-order valence-corrected chi connectivity index (χ4v) is 2.15. The molecular weight excluding hydrogens is 254 g/mol. The first-order valence-corrected chi connectivity index (χ1v) is 6.77. The molecule has 1 aromatic heterocycles. The third kappa shape index (κ3) is 2.66. The number of nitrogens with zero attached hydrogens (tertiary/aromatic N) is 2. The Morgan fingerprint density at radius 2 is 2.20 bits per heavy atom.